The van der Waals surface area contributed by atoms with Crippen molar-refractivity contribution in [1.29, 1.82) is 0 Å². The molecule has 3 N–H and O–H groups in total. The van der Waals surface area contributed by atoms with E-state index in [9.17, 15) is 0 Å². The van der Waals surface area contributed by atoms with Gasteiger partial charge in [0.15, 0.2) is 0 Å². The van der Waals surface area contributed by atoms with Crippen molar-refractivity contribution < 1.29 is 0 Å². The molecule has 0 saturated heterocycles. The van der Waals surface area contributed by atoms with Gasteiger partial charge in [-0.1, -0.05) is 31.2 Å². The van der Waals surface area contributed by atoms with Gasteiger partial charge in [-0.15, -0.1) is 0 Å². The summed E-state index contributed by atoms with van der Waals surface area (Å²) in [5, 5.41) is 0. The van der Waals surface area contributed by atoms with Crippen LogP contribution in [0.3, 0.4) is 0 Å². The third-order valence-electron chi connectivity index (χ3n) is 3.01. The van der Waals surface area contributed by atoms with Gasteiger partial charge in [-0.25, -0.2) is 0 Å². The van der Waals surface area contributed by atoms with E-state index in [-0.39, 0.29) is 0 Å². The highest BCUT2D eigenvalue weighted by Crippen LogP contribution is 2.33. The third kappa shape index (κ3) is 1.47. The molecule has 2 rings (SSSR count). The smallest absolute Gasteiger partial charge is 0.0488 e. The molecule has 2 atom stereocenters. The Hall–Kier alpha value is -0.860. The molecule has 0 bridgehead atoms. The Kier molecular flexibility index (Phi) is 2.34. The SMILES string of the molecule is C[C@H]1CCc2ccccc2[C@@H]1NN. The maximum absolute atomic E-state index is 5.56. The first-order valence-corrected chi connectivity index (χ1v) is 4.87. The van der Waals surface area contributed by atoms with Gasteiger partial charge in [0.05, 0.1) is 0 Å². The van der Waals surface area contributed by atoms with Crippen molar-refractivity contribution >= 4 is 0 Å². The van der Waals surface area contributed by atoms with Gasteiger partial charge in [-0.3, -0.25) is 11.3 Å². The molecular weight excluding hydrogens is 160 g/mol. The zero-order chi connectivity index (χ0) is 9.26. The highest BCUT2D eigenvalue weighted by molar-refractivity contribution is 5.32. The highest BCUT2D eigenvalue weighted by Gasteiger charge is 2.24. The number of rotatable bonds is 1. The molecule has 0 unspecified atom stereocenters. The lowest BCUT2D eigenvalue weighted by Gasteiger charge is -2.30. The number of aryl methyl sites for hydroxylation is 1. The molecule has 2 nitrogen and oxygen atoms in total. The number of nitrogens with two attached hydrogens (primary N) is 1. The molecule has 1 aromatic rings. The van der Waals surface area contributed by atoms with E-state index in [1.807, 2.05) is 0 Å². The maximum atomic E-state index is 5.56. The minimum atomic E-state index is 0.338. The number of hydrazine groups is 1. The quantitative estimate of drug-likeness (QED) is 0.505. The number of benzene rings is 1. The number of nitrogens with one attached hydrogen (secondary N) is 1. The van der Waals surface area contributed by atoms with Gasteiger partial charge in [-0.2, -0.15) is 0 Å². The number of fused-ring (bicyclic) bond motifs is 1. The van der Waals surface area contributed by atoms with Crippen molar-refractivity contribution in [3.05, 3.63) is 35.4 Å². The summed E-state index contributed by atoms with van der Waals surface area (Å²) in [6.45, 7) is 2.25. The Balaban J connectivity index is 2.39. The van der Waals surface area contributed by atoms with Crippen molar-refractivity contribution in [3.8, 4) is 0 Å². The second kappa shape index (κ2) is 3.48. The van der Waals surface area contributed by atoms with Crippen LogP contribution in [-0.4, -0.2) is 0 Å². The minimum Gasteiger partial charge on any atom is -0.271 e. The Morgan fingerprint density at radius 3 is 2.92 bits per heavy atom. The highest BCUT2D eigenvalue weighted by atomic mass is 15.2. The summed E-state index contributed by atoms with van der Waals surface area (Å²) < 4.78 is 0. The van der Waals surface area contributed by atoms with Crippen LogP contribution in [0.25, 0.3) is 0 Å². The van der Waals surface area contributed by atoms with Gasteiger partial charge in [0, 0.05) is 6.04 Å². The Bertz CT molecular complexity index is 296. The van der Waals surface area contributed by atoms with E-state index in [0.717, 1.165) is 0 Å². The average molecular weight is 176 g/mol. The predicted molar refractivity (Wildman–Crippen MR) is 54.0 cm³/mol. The van der Waals surface area contributed by atoms with E-state index in [0.29, 0.717) is 12.0 Å². The van der Waals surface area contributed by atoms with Crippen molar-refractivity contribution in [1.82, 2.24) is 5.43 Å². The molecule has 1 aliphatic rings. The van der Waals surface area contributed by atoms with E-state index in [1.165, 1.54) is 24.0 Å². The lowest BCUT2D eigenvalue weighted by Crippen LogP contribution is -2.35. The molecule has 1 aromatic carbocycles. The first kappa shape index (κ1) is 8.73. The Morgan fingerprint density at radius 1 is 1.38 bits per heavy atom. The van der Waals surface area contributed by atoms with Crippen LogP contribution in [-0.2, 0) is 6.42 Å². The fraction of sp³-hybridized carbons (Fsp3) is 0.455. The zero-order valence-electron chi connectivity index (χ0n) is 7.96. The first-order chi connectivity index (χ1) is 6.33. The van der Waals surface area contributed by atoms with Crippen LogP contribution >= 0.6 is 0 Å². The summed E-state index contributed by atoms with van der Waals surface area (Å²) in [4.78, 5) is 0. The van der Waals surface area contributed by atoms with E-state index >= 15 is 0 Å². The molecular formula is C11H16N2. The fourth-order valence-electron chi connectivity index (χ4n) is 2.18. The summed E-state index contributed by atoms with van der Waals surface area (Å²) in [7, 11) is 0. The molecule has 2 heteroatoms. The number of hydrogen-bond acceptors (Lipinski definition) is 2. The molecule has 0 saturated carbocycles. The second-order valence-electron chi connectivity index (χ2n) is 3.86. The van der Waals surface area contributed by atoms with E-state index in [1.54, 1.807) is 0 Å². The molecule has 0 heterocycles. The molecule has 0 aliphatic heterocycles. The molecule has 0 amide bonds. The minimum absolute atomic E-state index is 0.338. The zero-order valence-corrected chi connectivity index (χ0v) is 7.96. The van der Waals surface area contributed by atoms with Crippen molar-refractivity contribution in [3.63, 3.8) is 0 Å². The van der Waals surface area contributed by atoms with Gasteiger partial charge in [0.25, 0.3) is 0 Å². The average Bonchev–Trinajstić information content (AvgIpc) is 2.18. The normalized spacial score (nSPS) is 26.9. The van der Waals surface area contributed by atoms with Crippen LogP contribution < -0.4 is 11.3 Å². The van der Waals surface area contributed by atoms with Crippen LogP contribution in [0.1, 0.15) is 30.5 Å². The van der Waals surface area contributed by atoms with Gasteiger partial charge in [-0.05, 0) is 29.9 Å². The van der Waals surface area contributed by atoms with Gasteiger partial charge < -0.3 is 0 Å². The lowest BCUT2D eigenvalue weighted by molar-refractivity contribution is 0.349. The van der Waals surface area contributed by atoms with Crippen molar-refractivity contribution in [2.45, 2.75) is 25.8 Å². The van der Waals surface area contributed by atoms with Crippen LogP contribution in [0, 0.1) is 5.92 Å². The molecule has 1 aliphatic carbocycles. The Labute approximate surface area is 79.1 Å². The standard InChI is InChI=1S/C11H16N2/c1-8-6-7-9-4-2-3-5-10(9)11(8)13-12/h2-5,8,11,13H,6-7,12H2,1H3/t8-,11+/m0/s1. The maximum Gasteiger partial charge on any atom is 0.0488 e. The number of hydrogen-bond donors (Lipinski definition) is 2. The van der Waals surface area contributed by atoms with Crippen molar-refractivity contribution in [2.75, 3.05) is 0 Å². The largest absolute Gasteiger partial charge is 0.271 e. The lowest BCUT2D eigenvalue weighted by atomic mass is 9.81. The van der Waals surface area contributed by atoms with Crippen LogP contribution in [0.4, 0.5) is 0 Å². The Morgan fingerprint density at radius 2 is 2.15 bits per heavy atom. The van der Waals surface area contributed by atoms with Crippen LogP contribution in [0.15, 0.2) is 24.3 Å². The summed E-state index contributed by atoms with van der Waals surface area (Å²) >= 11 is 0. The van der Waals surface area contributed by atoms with E-state index in [2.05, 4.69) is 36.6 Å². The summed E-state index contributed by atoms with van der Waals surface area (Å²) in [6, 6.07) is 8.90. The van der Waals surface area contributed by atoms with E-state index in [4.69, 9.17) is 5.84 Å². The van der Waals surface area contributed by atoms with Crippen LogP contribution in [0.2, 0.25) is 0 Å². The topological polar surface area (TPSA) is 38.0 Å². The summed E-state index contributed by atoms with van der Waals surface area (Å²) in [5.74, 6) is 6.20. The molecule has 0 radical (unpaired) electrons. The molecule has 0 fully saturated rings. The first-order valence-electron chi connectivity index (χ1n) is 4.87. The van der Waals surface area contributed by atoms with Crippen LogP contribution in [0.5, 0.6) is 0 Å². The second-order valence-corrected chi connectivity index (χ2v) is 3.86. The summed E-state index contributed by atoms with van der Waals surface area (Å²) in [6.07, 6.45) is 2.42. The molecule has 0 aromatic heterocycles. The summed E-state index contributed by atoms with van der Waals surface area (Å²) in [5.41, 5.74) is 5.74. The van der Waals surface area contributed by atoms with Gasteiger partial charge >= 0.3 is 0 Å². The van der Waals surface area contributed by atoms with E-state index < -0.39 is 0 Å². The molecule has 13 heavy (non-hydrogen) atoms. The predicted octanol–water partition coefficient (Wildman–Crippen LogP) is 1.77. The molecule has 0 spiro atoms. The monoisotopic (exact) mass is 176 g/mol. The third-order valence-corrected chi connectivity index (χ3v) is 3.01. The molecule has 70 valence electrons. The van der Waals surface area contributed by atoms with Gasteiger partial charge in [0.1, 0.15) is 0 Å². The van der Waals surface area contributed by atoms with Crippen molar-refractivity contribution in [2.24, 2.45) is 11.8 Å². The fourth-order valence-corrected chi connectivity index (χ4v) is 2.18. The van der Waals surface area contributed by atoms with Gasteiger partial charge in [0.2, 0.25) is 0 Å².